The first-order valence-corrected chi connectivity index (χ1v) is 10.6. The first-order valence-electron chi connectivity index (χ1n) is 9.35. The number of nitrogens with zero attached hydrogens (tertiary/aromatic N) is 4. The van der Waals surface area contributed by atoms with E-state index in [0.717, 1.165) is 41.9 Å². The number of rotatable bonds is 8. The van der Waals surface area contributed by atoms with Gasteiger partial charge in [0.05, 0.1) is 12.6 Å². The average Bonchev–Trinajstić information content (AvgIpc) is 3.38. The molecule has 0 aliphatic rings. The Bertz CT molecular complexity index is 896. The predicted molar refractivity (Wildman–Crippen MR) is 131 cm³/mol. The van der Waals surface area contributed by atoms with Gasteiger partial charge in [0.2, 0.25) is 0 Å². The molecule has 1 unspecified atom stereocenters. The smallest absolute Gasteiger partial charge is 0.192 e. The fraction of sp³-hybridized carbons (Fsp3) is 0.350. The van der Waals surface area contributed by atoms with Gasteiger partial charge in [-0.3, -0.25) is 0 Å². The maximum atomic E-state index is 6.27. The summed E-state index contributed by atoms with van der Waals surface area (Å²) in [6.45, 7) is 6.22. The summed E-state index contributed by atoms with van der Waals surface area (Å²) in [5.41, 5.74) is 1.00. The number of guanidine groups is 1. The summed E-state index contributed by atoms with van der Waals surface area (Å²) in [4.78, 5) is 6.00. The summed E-state index contributed by atoms with van der Waals surface area (Å²) < 4.78 is 2.06. The molecule has 0 radical (unpaired) electrons. The van der Waals surface area contributed by atoms with Crippen molar-refractivity contribution < 1.29 is 0 Å². The van der Waals surface area contributed by atoms with E-state index in [0.29, 0.717) is 6.54 Å². The van der Waals surface area contributed by atoms with E-state index in [-0.39, 0.29) is 30.0 Å². The Balaban J connectivity index is 0.00000300. The molecule has 3 aromatic rings. The zero-order valence-corrected chi connectivity index (χ0v) is 20.4. The summed E-state index contributed by atoms with van der Waals surface area (Å²) in [5, 5.41) is 17.8. The van der Waals surface area contributed by atoms with Crippen molar-refractivity contribution in [2.45, 2.75) is 39.4 Å². The Morgan fingerprint density at radius 2 is 2.10 bits per heavy atom. The number of thiophene rings is 1. The van der Waals surface area contributed by atoms with Crippen molar-refractivity contribution in [2.24, 2.45) is 4.99 Å². The minimum atomic E-state index is 0. The molecule has 0 aliphatic heterocycles. The quantitative estimate of drug-likeness (QED) is 0.246. The molecular formula is C20H26ClIN6S. The van der Waals surface area contributed by atoms with Gasteiger partial charge in [-0.15, -0.1) is 45.5 Å². The summed E-state index contributed by atoms with van der Waals surface area (Å²) >= 11 is 8.00. The molecule has 1 atom stereocenters. The van der Waals surface area contributed by atoms with Crippen molar-refractivity contribution in [2.75, 3.05) is 6.54 Å². The van der Waals surface area contributed by atoms with Crippen LogP contribution >= 0.6 is 46.9 Å². The van der Waals surface area contributed by atoms with Gasteiger partial charge in [0, 0.05) is 29.4 Å². The van der Waals surface area contributed by atoms with Crippen LogP contribution in [0.3, 0.4) is 0 Å². The highest BCUT2D eigenvalue weighted by atomic mass is 127. The van der Waals surface area contributed by atoms with Crippen molar-refractivity contribution in [3.63, 3.8) is 0 Å². The average molecular weight is 545 g/mol. The second kappa shape index (κ2) is 12.1. The van der Waals surface area contributed by atoms with Gasteiger partial charge in [0.1, 0.15) is 12.2 Å². The molecule has 0 fully saturated rings. The summed E-state index contributed by atoms with van der Waals surface area (Å²) in [6.07, 6.45) is 2.63. The topological polar surface area (TPSA) is 67.1 Å². The van der Waals surface area contributed by atoms with E-state index >= 15 is 0 Å². The Labute approximate surface area is 197 Å². The number of benzene rings is 1. The van der Waals surface area contributed by atoms with Crippen LogP contribution in [0.4, 0.5) is 0 Å². The molecule has 0 amide bonds. The zero-order chi connectivity index (χ0) is 19.8. The largest absolute Gasteiger partial charge is 0.355 e. The third kappa shape index (κ3) is 6.97. The van der Waals surface area contributed by atoms with Crippen LogP contribution in [0.5, 0.6) is 0 Å². The molecule has 0 bridgehead atoms. The van der Waals surface area contributed by atoms with Crippen molar-refractivity contribution >= 4 is 52.9 Å². The van der Waals surface area contributed by atoms with Crippen molar-refractivity contribution in [3.8, 4) is 0 Å². The Hall–Kier alpha value is -1.65. The van der Waals surface area contributed by atoms with Gasteiger partial charge in [-0.25, -0.2) is 4.99 Å². The third-order valence-electron chi connectivity index (χ3n) is 4.35. The van der Waals surface area contributed by atoms with Gasteiger partial charge < -0.3 is 15.2 Å². The lowest BCUT2D eigenvalue weighted by Crippen LogP contribution is -2.40. The lowest BCUT2D eigenvalue weighted by Gasteiger charge is -2.18. The van der Waals surface area contributed by atoms with E-state index in [9.17, 15) is 0 Å². The highest BCUT2D eigenvalue weighted by molar-refractivity contribution is 14.0. The standard InChI is InChI=1S/C20H25ClN6S.HI/c1-3-19-26-24-14-27(19)11-10-22-20(25-15(2)18-9-6-12-28-18)23-13-16-7-4-5-8-17(16)21;/h4-9,12,14-15H,3,10-11,13H2,1-2H3,(H2,22,23,25);1H. The van der Waals surface area contributed by atoms with Crippen LogP contribution in [0.25, 0.3) is 0 Å². The number of hydrogen-bond acceptors (Lipinski definition) is 4. The normalized spacial score (nSPS) is 12.3. The molecule has 0 aliphatic carbocycles. The van der Waals surface area contributed by atoms with Crippen LogP contribution in [0, 0.1) is 0 Å². The second-order valence-electron chi connectivity index (χ2n) is 6.36. The van der Waals surface area contributed by atoms with Crippen molar-refractivity contribution in [3.05, 3.63) is 69.4 Å². The lowest BCUT2D eigenvalue weighted by atomic mass is 10.2. The molecule has 2 N–H and O–H groups in total. The van der Waals surface area contributed by atoms with E-state index < -0.39 is 0 Å². The van der Waals surface area contributed by atoms with E-state index in [1.165, 1.54) is 4.88 Å². The second-order valence-corrected chi connectivity index (χ2v) is 7.75. The molecule has 156 valence electrons. The number of hydrogen-bond donors (Lipinski definition) is 2. The molecule has 0 spiro atoms. The van der Waals surface area contributed by atoms with Crippen LogP contribution < -0.4 is 10.6 Å². The third-order valence-corrected chi connectivity index (χ3v) is 5.77. The molecule has 29 heavy (non-hydrogen) atoms. The number of aliphatic imine (C=N–C) groups is 1. The van der Waals surface area contributed by atoms with E-state index in [2.05, 4.69) is 56.8 Å². The van der Waals surface area contributed by atoms with Gasteiger partial charge in [-0.05, 0) is 30.0 Å². The number of aryl methyl sites for hydroxylation is 1. The highest BCUT2D eigenvalue weighted by Gasteiger charge is 2.10. The minimum Gasteiger partial charge on any atom is -0.355 e. The molecule has 9 heteroatoms. The number of halogens is 2. The molecular weight excluding hydrogens is 519 g/mol. The van der Waals surface area contributed by atoms with Gasteiger partial charge in [-0.2, -0.15) is 0 Å². The summed E-state index contributed by atoms with van der Waals surface area (Å²) in [7, 11) is 0. The zero-order valence-electron chi connectivity index (χ0n) is 16.5. The first kappa shape index (κ1) is 23.6. The SMILES string of the molecule is CCc1nncn1CCNC(=NCc1ccccc1Cl)NC(C)c1cccs1.I. The first-order chi connectivity index (χ1) is 13.7. The fourth-order valence-electron chi connectivity index (χ4n) is 2.79. The molecule has 1 aromatic carbocycles. The van der Waals surface area contributed by atoms with Crippen molar-refractivity contribution in [1.29, 1.82) is 0 Å². The predicted octanol–water partition coefficient (Wildman–Crippen LogP) is 4.67. The Kier molecular flexibility index (Phi) is 9.89. The van der Waals surface area contributed by atoms with Crippen LogP contribution in [0.2, 0.25) is 5.02 Å². The molecule has 6 nitrogen and oxygen atoms in total. The van der Waals surface area contributed by atoms with E-state index in [4.69, 9.17) is 16.6 Å². The van der Waals surface area contributed by atoms with Gasteiger partial charge in [0.25, 0.3) is 0 Å². The molecule has 0 saturated heterocycles. The van der Waals surface area contributed by atoms with Crippen LogP contribution in [0.15, 0.2) is 53.1 Å². The maximum absolute atomic E-state index is 6.27. The summed E-state index contributed by atoms with van der Waals surface area (Å²) in [6, 6.07) is 12.1. The number of aromatic nitrogens is 3. The van der Waals surface area contributed by atoms with Gasteiger partial charge in [0.15, 0.2) is 5.96 Å². The number of nitrogens with one attached hydrogen (secondary N) is 2. The van der Waals surface area contributed by atoms with Crippen LogP contribution in [0.1, 0.15) is 36.2 Å². The van der Waals surface area contributed by atoms with Gasteiger partial charge in [-0.1, -0.05) is 42.8 Å². The minimum absolute atomic E-state index is 0. The molecule has 2 aromatic heterocycles. The lowest BCUT2D eigenvalue weighted by molar-refractivity contribution is 0.621. The van der Waals surface area contributed by atoms with Crippen LogP contribution in [-0.2, 0) is 19.5 Å². The maximum Gasteiger partial charge on any atom is 0.192 e. The van der Waals surface area contributed by atoms with Crippen LogP contribution in [-0.4, -0.2) is 27.3 Å². The summed E-state index contributed by atoms with van der Waals surface area (Å²) in [5.74, 6) is 1.74. The Morgan fingerprint density at radius 1 is 1.28 bits per heavy atom. The van der Waals surface area contributed by atoms with Gasteiger partial charge >= 0.3 is 0 Å². The monoisotopic (exact) mass is 544 g/mol. The van der Waals surface area contributed by atoms with Crippen molar-refractivity contribution in [1.82, 2.24) is 25.4 Å². The Morgan fingerprint density at radius 3 is 2.83 bits per heavy atom. The molecule has 0 saturated carbocycles. The fourth-order valence-corrected chi connectivity index (χ4v) is 3.72. The van der Waals surface area contributed by atoms with E-state index in [1.54, 1.807) is 17.7 Å². The molecule has 3 rings (SSSR count). The molecule has 2 heterocycles. The highest BCUT2D eigenvalue weighted by Crippen LogP contribution is 2.18. The van der Waals surface area contributed by atoms with E-state index in [1.807, 2.05) is 24.3 Å².